The maximum Gasteiger partial charge on any atom is 0.263 e. The van der Waals surface area contributed by atoms with Crippen LogP contribution in [0.15, 0.2) is 71.2 Å². The summed E-state index contributed by atoms with van der Waals surface area (Å²) in [7, 11) is -7.92. The zero-order chi connectivity index (χ0) is 25.1. The predicted octanol–water partition coefficient (Wildman–Crippen LogP) is 1.56. The minimum atomic E-state index is -4.13. The molecular formula is C22H24N4O6S3. The van der Waals surface area contributed by atoms with E-state index in [2.05, 4.69) is 4.98 Å². The highest BCUT2D eigenvalue weighted by atomic mass is 32.2. The minimum absolute atomic E-state index is 0.0288. The van der Waals surface area contributed by atoms with Crippen molar-refractivity contribution in [2.45, 2.75) is 16.7 Å². The smallest absolute Gasteiger partial charge is 0.263 e. The largest absolute Gasteiger partial charge is 0.289 e. The molecule has 0 spiro atoms. The van der Waals surface area contributed by atoms with Gasteiger partial charge in [0.25, 0.3) is 15.9 Å². The Balaban J connectivity index is 1.54. The molecule has 1 aliphatic heterocycles. The number of nitrogens with one attached hydrogen (secondary N) is 1. The molecule has 2 N–H and O–H groups in total. The number of hydrogen-bond acceptors (Lipinski definition) is 8. The summed E-state index contributed by atoms with van der Waals surface area (Å²) >= 11 is 1.06. The van der Waals surface area contributed by atoms with E-state index in [9.17, 15) is 26.8 Å². The van der Waals surface area contributed by atoms with E-state index in [-0.39, 0.29) is 29.5 Å². The third kappa shape index (κ3) is 5.60. The SMILES string of the molecule is O=C(NO)[C@H]1CN(S(=O)(=O)CCc2ccncc2)CCN1S(=O)(=O)c1ccc(-c2ccccc2)s1. The molecule has 1 aliphatic rings. The Bertz CT molecular complexity index is 1380. The lowest BCUT2D eigenvalue weighted by molar-refractivity contribution is -0.134. The number of hydroxylamine groups is 1. The highest BCUT2D eigenvalue weighted by Crippen LogP contribution is 2.33. The Labute approximate surface area is 207 Å². The molecule has 3 heterocycles. The number of rotatable bonds is 8. The van der Waals surface area contributed by atoms with Gasteiger partial charge in [0.2, 0.25) is 10.0 Å². The normalized spacial score (nSPS) is 17.8. The van der Waals surface area contributed by atoms with E-state index >= 15 is 0 Å². The lowest BCUT2D eigenvalue weighted by Gasteiger charge is -2.38. The molecule has 0 unspecified atom stereocenters. The maximum absolute atomic E-state index is 13.4. The zero-order valence-electron chi connectivity index (χ0n) is 18.5. The number of hydrogen-bond donors (Lipinski definition) is 2. The van der Waals surface area contributed by atoms with Crippen LogP contribution < -0.4 is 5.48 Å². The highest BCUT2D eigenvalue weighted by molar-refractivity contribution is 7.91. The fourth-order valence-corrected chi connectivity index (χ4v) is 8.32. The first-order chi connectivity index (χ1) is 16.7. The summed E-state index contributed by atoms with van der Waals surface area (Å²) in [4.78, 5) is 17.1. The molecule has 35 heavy (non-hydrogen) atoms. The predicted molar refractivity (Wildman–Crippen MR) is 131 cm³/mol. The summed E-state index contributed by atoms with van der Waals surface area (Å²) in [5, 5.41) is 9.24. The molecule has 1 aromatic carbocycles. The number of carbonyl (C=O) groups excluding carboxylic acids is 1. The van der Waals surface area contributed by atoms with Gasteiger partial charge in [-0.2, -0.15) is 8.61 Å². The first-order valence-electron chi connectivity index (χ1n) is 10.7. The topological polar surface area (TPSA) is 137 Å². The number of aryl methyl sites for hydroxylation is 1. The Kier molecular flexibility index (Phi) is 7.64. The van der Waals surface area contributed by atoms with E-state index in [1.807, 2.05) is 30.3 Å². The lowest BCUT2D eigenvalue weighted by atomic mass is 10.2. The Morgan fingerprint density at radius 1 is 1.03 bits per heavy atom. The zero-order valence-corrected chi connectivity index (χ0v) is 21.0. The molecule has 0 aliphatic carbocycles. The number of amides is 1. The summed E-state index contributed by atoms with van der Waals surface area (Å²) < 4.78 is 54.8. The molecule has 0 bridgehead atoms. The second kappa shape index (κ2) is 10.5. The standard InChI is InChI=1S/C22H24N4O6S3/c27-22(24-28)19-16-25(34(29,30)15-10-17-8-11-23-12-9-17)13-14-26(19)35(31,32)21-7-6-20(33-21)18-4-2-1-3-5-18/h1-9,11-12,19,28H,10,13-16H2,(H,24,27)/t19-/m1/s1. The number of nitrogens with zero attached hydrogens (tertiary/aromatic N) is 3. The first kappa shape index (κ1) is 25.4. The van der Waals surface area contributed by atoms with Gasteiger partial charge < -0.3 is 0 Å². The van der Waals surface area contributed by atoms with E-state index in [0.29, 0.717) is 0 Å². The van der Waals surface area contributed by atoms with Crippen LogP contribution in [-0.2, 0) is 31.3 Å². The number of piperazine rings is 1. The number of aromatic nitrogens is 1. The number of carbonyl (C=O) groups is 1. The van der Waals surface area contributed by atoms with Gasteiger partial charge in [-0.25, -0.2) is 22.3 Å². The van der Waals surface area contributed by atoms with Gasteiger partial charge in [-0.15, -0.1) is 11.3 Å². The third-order valence-electron chi connectivity index (χ3n) is 5.70. The van der Waals surface area contributed by atoms with Gasteiger partial charge in [0, 0.05) is 36.9 Å². The minimum Gasteiger partial charge on any atom is -0.289 e. The molecule has 2 aromatic heterocycles. The van der Waals surface area contributed by atoms with Crippen LogP contribution in [0.25, 0.3) is 10.4 Å². The maximum atomic E-state index is 13.4. The van der Waals surface area contributed by atoms with Crippen LogP contribution in [0.4, 0.5) is 0 Å². The van der Waals surface area contributed by atoms with Crippen molar-refractivity contribution in [2.24, 2.45) is 0 Å². The van der Waals surface area contributed by atoms with Crippen molar-refractivity contribution in [3.8, 4) is 10.4 Å². The number of pyridine rings is 1. The summed E-state index contributed by atoms with van der Waals surface area (Å²) in [6, 6.07) is 14.4. The Morgan fingerprint density at radius 3 is 2.43 bits per heavy atom. The lowest BCUT2D eigenvalue weighted by Crippen LogP contribution is -2.61. The van der Waals surface area contributed by atoms with Gasteiger partial charge in [-0.3, -0.25) is 15.0 Å². The third-order valence-corrected chi connectivity index (χ3v) is 11.0. The van der Waals surface area contributed by atoms with Gasteiger partial charge in [0.1, 0.15) is 10.3 Å². The molecule has 10 nitrogen and oxygen atoms in total. The summed E-state index contributed by atoms with van der Waals surface area (Å²) in [5.41, 5.74) is 3.13. The monoisotopic (exact) mass is 536 g/mol. The molecule has 0 saturated carbocycles. The Morgan fingerprint density at radius 2 is 1.74 bits per heavy atom. The fraction of sp³-hybridized carbons (Fsp3) is 0.273. The van der Waals surface area contributed by atoms with Crippen LogP contribution in [0.3, 0.4) is 0 Å². The first-order valence-corrected chi connectivity index (χ1v) is 14.6. The van der Waals surface area contributed by atoms with Crippen LogP contribution in [0.2, 0.25) is 0 Å². The van der Waals surface area contributed by atoms with Crippen molar-refractivity contribution >= 4 is 37.3 Å². The second-order valence-corrected chi connectivity index (χ2v) is 13.2. The molecular weight excluding hydrogens is 512 g/mol. The van der Waals surface area contributed by atoms with Crippen LogP contribution in [0.1, 0.15) is 5.56 Å². The van der Waals surface area contributed by atoms with Crippen molar-refractivity contribution in [1.29, 1.82) is 0 Å². The van der Waals surface area contributed by atoms with Crippen molar-refractivity contribution < 1.29 is 26.8 Å². The van der Waals surface area contributed by atoms with Crippen LogP contribution in [-0.4, -0.2) is 73.0 Å². The van der Waals surface area contributed by atoms with Crippen LogP contribution >= 0.6 is 11.3 Å². The number of thiophene rings is 1. The van der Waals surface area contributed by atoms with E-state index in [1.165, 1.54) is 11.5 Å². The Hall–Kier alpha value is -2.68. The van der Waals surface area contributed by atoms with Crippen molar-refractivity contribution in [3.05, 3.63) is 72.6 Å². The molecule has 3 aromatic rings. The van der Waals surface area contributed by atoms with Gasteiger partial charge in [0.05, 0.1) is 5.75 Å². The number of sulfonamides is 2. The summed E-state index contributed by atoms with van der Waals surface area (Å²) in [6.07, 6.45) is 3.39. The fourth-order valence-electron chi connectivity index (χ4n) is 3.83. The van der Waals surface area contributed by atoms with Gasteiger partial charge in [0.15, 0.2) is 0 Å². The molecule has 1 fully saturated rings. The van der Waals surface area contributed by atoms with E-state index in [0.717, 1.165) is 36.0 Å². The van der Waals surface area contributed by atoms with Crippen LogP contribution in [0, 0.1) is 0 Å². The highest BCUT2D eigenvalue weighted by Gasteiger charge is 2.43. The van der Waals surface area contributed by atoms with E-state index in [1.54, 1.807) is 30.6 Å². The number of benzene rings is 1. The van der Waals surface area contributed by atoms with Gasteiger partial charge >= 0.3 is 0 Å². The molecule has 1 atom stereocenters. The van der Waals surface area contributed by atoms with Crippen molar-refractivity contribution in [1.82, 2.24) is 19.1 Å². The second-order valence-electron chi connectivity index (χ2n) is 7.87. The molecule has 4 rings (SSSR count). The van der Waals surface area contributed by atoms with Crippen molar-refractivity contribution in [3.63, 3.8) is 0 Å². The average Bonchev–Trinajstić information content (AvgIpc) is 3.39. The van der Waals surface area contributed by atoms with Gasteiger partial charge in [-0.05, 0) is 41.8 Å². The quantitative estimate of drug-likeness (QED) is 0.329. The van der Waals surface area contributed by atoms with Crippen LogP contribution in [0.5, 0.6) is 0 Å². The van der Waals surface area contributed by atoms with Gasteiger partial charge in [-0.1, -0.05) is 30.3 Å². The summed E-state index contributed by atoms with van der Waals surface area (Å²) in [5.74, 6) is -1.20. The van der Waals surface area contributed by atoms with Crippen molar-refractivity contribution in [2.75, 3.05) is 25.4 Å². The molecule has 1 amide bonds. The molecule has 1 saturated heterocycles. The van der Waals surface area contributed by atoms with E-state index in [4.69, 9.17) is 0 Å². The molecule has 0 radical (unpaired) electrons. The van der Waals surface area contributed by atoms with E-state index < -0.39 is 38.5 Å². The summed E-state index contributed by atoms with van der Waals surface area (Å²) in [6.45, 7) is -0.737. The average molecular weight is 537 g/mol. The molecule has 13 heteroatoms. The molecule has 186 valence electrons.